The van der Waals surface area contributed by atoms with Gasteiger partial charge >= 0.3 is 0 Å². The van der Waals surface area contributed by atoms with Gasteiger partial charge in [-0.05, 0) is 30.7 Å². The Morgan fingerprint density at radius 2 is 1.81 bits per heavy atom. The van der Waals surface area contributed by atoms with Crippen LogP contribution in [-0.4, -0.2) is 52.1 Å². The Balaban J connectivity index is 1.44. The van der Waals surface area contributed by atoms with Crippen molar-refractivity contribution in [2.75, 3.05) is 26.2 Å². The highest BCUT2D eigenvalue weighted by atomic mass is 19.2. The number of halogens is 2. The van der Waals surface area contributed by atoms with Crippen LogP contribution in [0.15, 0.2) is 42.5 Å². The first-order valence-corrected chi connectivity index (χ1v) is 8.96. The van der Waals surface area contributed by atoms with Crippen LogP contribution in [0.3, 0.4) is 0 Å². The molecule has 0 aliphatic carbocycles. The van der Waals surface area contributed by atoms with Gasteiger partial charge < -0.3 is 4.90 Å². The Morgan fingerprint density at radius 1 is 1.07 bits per heavy atom. The molecule has 1 aromatic heterocycles. The lowest BCUT2D eigenvalue weighted by Crippen LogP contribution is -2.49. The number of hydrogen-bond donors (Lipinski definition) is 1. The Kier molecular flexibility index (Phi) is 4.61. The molecule has 1 aliphatic rings. The van der Waals surface area contributed by atoms with Crippen LogP contribution in [-0.2, 0) is 0 Å². The van der Waals surface area contributed by atoms with Crippen LogP contribution in [0.2, 0.25) is 0 Å². The van der Waals surface area contributed by atoms with E-state index >= 15 is 0 Å². The minimum atomic E-state index is -0.840. The number of carbonyl (C=O) groups excluding carboxylic acids is 1. The normalized spacial score (nSPS) is 16.6. The zero-order chi connectivity index (χ0) is 19.0. The molecule has 1 aliphatic heterocycles. The van der Waals surface area contributed by atoms with E-state index in [1.807, 2.05) is 31.2 Å². The molecule has 4 rings (SSSR count). The van der Waals surface area contributed by atoms with Gasteiger partial charge in [-0.2, -0.15) is 5.10 Å². The number of piperazine rings is 1. The zero-order valence-corrected chi connectivity index (χ0v) is 15.0. The molecule has 27 heavy (non-hydrogen) atoms. The molecule has 2 heterocycles. The summed E-state index contributed by atoms with van der Waals surface area (Å²) in [6.07, 6.45) is 0. The monoisotopic (exact) mass is 370 g/mol. The van der Waals surface area contributed by atoms with E-state index in [1.54, 1.807) is 11.0 Å². The molecule has 1 unspecified atom stereocenters. The first-order valence-electron chi connectivity index (χ1n) is 8.96. The summed E-state index contributed by atoms with van der Waals surface area (Å²) in [5.41, 5.74) is 2.01. The van der Waals surface area contributed by atoms with Crippen LogP contribution in [0.25, 0.3) is 10.9 Å². The topological polar surface area (TPSA) is 52.2 Å². The third kappa shape index (κ3) is 3.30. The molecule has 1 atom stereocenters. The van der Waals surface area contributed by atoms with E-state index in [4.69, 9.17) is 0 Å². The molecule has 1 fully saturated rings. The fraction of sp³-hybridized carbons (Fsp3) is 0.300. The Bertz CT molecular complexity index is 979. The summed E-state index contributed by atoms with van der Waals surface area (Å²) in [6.45, 7) is 4.41. The number of fused-ring (bicyclic) bond motifs is 1. The number of benzene rings is 2. The highest BCUT2D eigenvalue weighted by Crippen LogP contribution is 2.24. The average Bonchev–Trinajstić information content (AvgIpc) is 3.13. The highest BCUT2D eigenvalue weighted by molar-refractivity contribution is 6.04. The van der Waals surface area contributed by atoms with Gasteiger partial charge in [0.15, 0.2) is 17.3 Å². The second-order valence-electron chi connectivity index (χ2n) is 6.80. The molecule has 2 aromatic carbocycles. The molecular weight excluding hydrogens is 350 g/mol. The summed E-state index contributed by atoms with van der Waals surface area (Å²) in [6, 6.07) is 11.5. The van der Waals surface area contributed by atoms with E-state index in [-0.39, 0.29) is 11.9 Å². The number of para-hydroxylation sites is 1. The molecule has 1 saturated heterocycles. The number of aromatic nitrogens is 2. The molecule has 0 saturated carbocycles. The third-order valence-electron chi connectivity index (χ3n) is 5.25. The molecular formula is C20H20F2N4O. The molecule has 0 radical (unpaired) electrons. The van der Waals surface area contributed by atoms with Gasteiger partial charge in [-0.25, -0.2) is 8.78 Å². The lowest BCUT2D eigenvalue weighted by atomic mass is 10.1. The molecule has 5 nitrogen and oxygen atoms in total. The SMILES string of the molecule is CC(c1ccc(F)c(F)c1)N1CCN(C(=O)c2n[nH]c3ccccc23)CC1. The van der Waals surface area contributed by atoms with Gasteiger partial charge in [-0.1, -0.05) is 24.3 Å². The molecule has 140 valence electrons. The van der Waals surface area contributed by atoms with Crippen molar-refractivity contribution in [3.8, 4) is 0 Å². The maximum atomic E-state index is 13.5. The summed E-state index contributed by atoms with van der Waals surface area (Å²) in [5.74, 6) is -1.77. The van der Waals surface area contributed by atoms with Gasteiger partial charge in [0, 0.05) is 37.6 Å². The van der Waals surface area contributed by atoms with Crippen LogP contribution >= 0.6 is 0 Å². The second-order valence-corrected chi connectivity index (χ2v) is 6.80. The predicted molar refractivity (Wildman–Crippen MR) is 98.3 cm³/mol. The van der Waals surface area contributed by atoms with E-state index in [9.17, 15) is 13.6 Å². The van der Waals surface area contributed by atoms with Crippen molar-refractivity contribution in [2.45, 2.75) is 13.0 Å². The van der Waals surface area contributed by atoms with Crippen molar-refractivity contribution in [2.24, 2.45) is 0 Å². The number of hydrogen-bond acceptors (Lipinski definition) is 3. The fourth-order valence-electron chi connectivity index (χ4n) is 3.57. The van der Waals surface area contributed by atoms with Gasteiger partial charge in [0.2, 0.25) is 0 Å². The Morgan fingerprint density at radius 3 is 2.56 bits per heavy atom. The van der Waals surface area contributed by atoms with Crippen LogP contribution in [0.1, 0.15) is 29.0 Å². The minimum absolute atomic E-state index is 0.0523. The lowest BCUT2D eigenvalue weighted by Gasteiger charge is -2.38. The molecule has 0 bridgehead atoms. The van der Waals surface area contributed by atoms with Crippen molar-refractivity contribution in [1.29, 1.82) is 0 Å². The van der Waals surface area contributed by atoms with E-state index in [0.29, 0.717) is 31.9 Å². The smallest absolute Gasteiger partial charge is 0.275 e. The largest absolute Gasteiger partial charge is 0.335 e. The maximum absolute atomic E-state index is 13.5. The number of aromatic amines is 1. The third-order valence-corrected chi connectivity index (χ3v) is 5.25. The Labute approximate surface area is 155 Å². The number of rotatable bonds is 3. The maximum Gasteiger partial charge on any atom is 0.275 e. The number of H-pyrrole nitrogens is 1. The summed E-state index contributed by atoms with van der Waals surface area (Å²) in [4.78, 5) is 16.8. The quantitative estimate of drug-likeness (QED) is 0.769. The first kappa shape index (κ1) is 17.6. The fourth-order valence-corrected chi connectivity index (χ4v) is 3.57. The van der Waals surface area contributed by atoms with Crippen LogP contribution < -0.4 is 0 Å². The van der Waals surface area contributed by atoms with Crippen LogP contribution in [0, 0.1) is 11.6 Å². The lowest BCUT2D eigenvalue weighted by molar-refractivity contribution is 0.0578. The number of nitrogens with one attached hydrogen (secondary N) is 1. The van der Waals surface area contributed by atoms with Crippen molar-refractivity contribution in [3.63, 3.8) is 0 Å². The standard InChI is InChI=1S/C20H20F2N4O/c1-13(14-6-7-16(21)17(22)12-14)25-8-10-26(11-9-25)20(27)19-15-4-2-3-5-18(15)23-24-19/h2-7,12-13H,8-11H2,1H3,(H,23,24). The van der Waals surface area contributed by atoms with Gasteiger partial charge in [-0.3, -0.25) is 14.8 Å². The predicted octanol–water partition coefficient (Wildman–Crippen LogP) is 3.36. The summed E-state index contributed by atoms with van der Waals surface area (Å²) >= 11 is 0. The van der Waals surface area contributed by atoms with Gasteiger partial charge in [0.05, 0.1) is 5.52 Å². The Hall–Kier alpha value is -2.80. The van der Waals surface area contributed by atoms with Crippen molar-refractivity contribution < 1.29 is 13.6 Å². The first-order chi connectivity index (χ1) is 13.0. The van der Waals surface area contributed by atoms with E-state index in [2.05, 4.69) is 15.1 Å². The average molecular weight is 370 g/mol. The second kappa shape index (κ2) is 7.08. The summed E-state index contributed by atoms with van der Waals surface area (Å²) in [5, 5.41) is 7.90. The number of nitrogens with zero attached hydrogens (tertiary/aromatic N) is 3. The van der Waals surface area contributed by atoms with Crippen LogP contribution in [0.5, 0.6) is 0 Å². The number of amides is 1. The summed E-state index contributed by atoms with van der Waals surface area (Å²) < 4.78 is 26.7. The summed E-state index contributed by atoms with van der Waals surface area (Å²) in [7, 11) is 0. The molecule has 3 aromatic rings. The van der Waals surface area contributed by atoms with Gasteiger partial charge in [0.1, 0.15) is 0 Å². The van der Waals surface area contributed by atoms with Crippen molar-refractivity contribution >= 4 is 16.8 Å². The van der Waals surface area contributed by atoms with Gasteiger partial charge in [0.25, 0.3) is 5.91 Å². The van der Waals surface area contributed by atoms with E-state index < -0.39 is 11.6 Å². The van der Waals surface area contributed by atoms with E-state index in [0.717, 1.165) is 22.5 Å². The van der Waals surface area contributed by atoms with Crippen LogP contribution in [0.4, 0.5) is 8.78 Å². The van der Waals surface area contributed by atoms with Crippen molar-refractivity contribution in [1.82, 2.24) is 20.0 Å². The highest BCUT2D eigenvalue weighted by Gasteiger charge is 2.27. The van der Waals surface area contributed by atoms with E-state index in [1.165, 1.54) is 6.07 Å². The number of carbonyl (C=O) groups is 1. The minimum Gasteiger partial charge on any atom is -0.335 e. The van der Waals surface area contributed by atoms with Crippen molar-refractivity contribution in [3.05, 3.63) is 65.4 Å². The molecule has 1 N–H and O–H groups in total. The van der Waals surface area contributed by atoms with Gasteiger partial charge in [-0.15, -0.1) is 0 Å². The molecule has 7 heteroatoms. The zero-order valence-electron chi connectivity index (χ0n) is 15.0. The molecule has 0 spiro atoms. The molecule has 1 amide bonds.